The first-order valence-electron chi connectivity index (χ1n) is 7.59. The van der Waals surface area contributed by atoms with Crippen LogP contribution in [0.5, 0.6) is 0 Å². The summed E-state index contributed by atoms with van der Waals surface area (Å²) >= 11 is 0. The number of hydrogen-bond donors (Lipinski definition) is 1. The number of aryl methyl sites for hydroxylation is 1. The van der Waals surface area contributed by atoms with Gasteiger partial charge in [-0.2, -0.15) is 0 Å². The largest absolute Gasteiger partial charge is 0.462 e. The van der Waals surface area contributed by atoms with Crippen molar-refractivity contribution < 1.29 is 18.6 Å². The molecule has 1 heterocycles. The van der Waals surface area contributed by atoms with Crippen molar-refractivity contribution in [2.75, 3.05) is 33.5 Å². The molecule has 0 aliphatic heterocycles. The minimum Gasteiger partial charge on any atom is -0.462 e. The summed E-state index contributed by atoms with van der Waals surface area (Å²) in [6.07, 6.45) is 0.917. The number of methoxy groups -OCH3 is 1. The van der Waals surface area contributed by atoms with E-state index in [0.717, 1.165) is 36.7 Å². The Morgan fingerprint density at radius 3 is 2.62 bits per heavy atom. The van der Waals surface area contributed by atoms with Crippen LogP contribution in [0.3, 0.4) is 0 Å². The maximum Gasteiger partial charge on any atom is 0.130 e. The lowest BCUT2D eigenvalue weighted by Gasteiger charge is -2.06. The minimum absolute atomic E-state index is 0.449. The molecule has 1 aromatic heterocycles. The average molecular weight is 299 g/mol. The Morgan fingerprint density at radius 2 is 1.90 bits per heavy atom. The first-order valence-corrected chi connectivity index (χ1v) is 7.59. The van der Waals surface area contributed by atoms with E-state index in [0.29, 0.717) is 32.5 Å². The Balaban J connectivity index is 2.13. The molecule has 0 saturated carbocycles. The normalized spacial score (nSPS) is 11.5. The van der Waals surface area contributed by atoms with Crippen LogP contribution >= 0.6 is 0 Å². The molecule has 1 rings (SSSR count). The molecule has 21 heavy (non-hydrogen) atoms. The molecule has 0 aliphatic rings. The van der Waals surface area contributed by atoms with Gasteiger partial charge in [0.1, 0.15) is 18.1 Å². The lowest BCUT2D eigenvalue weighted by Crippen LogP contribution is -2.21. The highest BCUT2D eigenvalue weighted by Crippen LogP contribution is 2.15. The van der Waals surface area contributed by atoms with Crippen LogP contribution in [0, 0.1) is 6.92 Å². The second kappa shape index (κ2) is 10.8. The third-order valence-electron chi connectivity index (χ3n) is 3.00. The Bertz CT molecular complexity index is 376. The molecule has 0 atom stereocenters. The van der Waals surface area contributed by atoms with Crippen LogP contribution in [0.4, 0.5) is 0 Å². The summed E-state index contributed by atoms with van der Waals surface area (Å²) < 4.78 is 21.7. The van der Waals surface area contributed by atoms with E-state index in [-0.39, 0.29) is 0 Å². The summed E-state index contributed by atoms with van der Waals surface area (Å²) in [5.41, 5.74) is 1.16. The van der Waals surface area contributed by atoms with Crippen molar-refractivity contribution in [2.24, 2.45) is 0 Å². The van der Waals surface area contributed by atoms with Crippen LogP contribution in [0.25, 0.3) is 0 Å². The maximum atomic E-state index is 5.78. The fraction of sp³-hybridized carbons (Fsp3) is 0.750. The Kier molecular flexibility index (Phi) is 9.34. The lowest BCUT2D eigenvalue weighted by molar-refractivity contribution is 0.0284. The molecule has 5 nitrogen and oxygen atoms in total. The molecule has 1 aromatic rings. The zero-order valence-electron chi connectivity index (χ0n) is 13.7. The van der Waals surface area contributed by atoms with Gasteiger partial charge in [0, 0.05) is 26.4 Å². The summed E-state index contributed by atoms with van der Waals surface area (Å²) in [7, 11) is 1.69. The molecule has 0 saturated heterocycles. The molecule has 0 aromatic carbocycles. The standard InChI is InChI=1S/C16H29NO4/c1-13(2)17-11-16-14(3)10-15(21-16)12-20-9-8-19-7-5-6-18-4/h10,13,17H,5-9,11-12H2,1-4H3. The van der Waals surface area contributed by atoms with E-state index in [4.69, 9.17) is 18.6 Å². The van der Waals surface area contributed by atoms with E-state index in [1.807, 2.05) is 6.07 Å². The van der Waals surface area contributed by atoms with Crippen molar-refractivity contribution in [1.82, 2.24) is 5.32 Å². The first-order chi connectivity index (χ1) is 10.1. The van der Waals surface area contributed by atoms with Gasteiger partial charge >= 0.3 is 0 Å². The zero-order valence-corrected chi connectivity index (χ0v) is 13.7. The van der Waals surface area contributed by atoms with Crippen molar-refractivity contribution >= 4 is 0 Å². The van der Waals surface area contributed by atoms with Crippen LogP contribution in [0.2, 0.25) is 0 Å². The van der Waals surface area contributed by atoms with Gasteiger partial charge in [0.25, 0.3) is 0 Å². The second-order valence-electron chi connectivity index (χ2n) is 5.37. The van der Waals surface area contributed by atoms with E-state index >= 15 is 0 Å². The van der Waals surface area contributed by atoms with Crippen molar-refractivity contribution in [3.8, 4) is 0 Å². The van der Waals surface area contributed by atoms with Crippen molar-refractivity contribution in [2.45, 2.75) is 46.4 Å². The van der Waals surface area contributed by atoms with Gasteiger partial charge in [-0.25, -0.2) is 0 Å². The van der Waals surface area contributed by atoms with Gasteiger partial charge in [0.2, 0.25) is 0 Å². The molecule has 0 unspecified atom stereocenters. The van der Waals surface area contributed by atoms with Crippen molar-refractivity contribution in [1.29, 1.82) is 0 Å². The Morgan fingerprint density at radius 1 is 1.14 bits per heavy atom. The molecule has 0 fully saturated rings. The van der Waals surface area contributed by atoms with Gasteiger partial charge in [-0.15, -0.1) is 0 Å². The molecule has 5 heteroatoms. The molecule has 0 radical (unpaired) electrons. The molecule has 0 amide bonds. The molecule has 0 aliphatic carbocycles. The fourth-order valence-electron chi connectivity index (χ4n) is 1.83. The van der Waals surface area contributed by atoms with Gasteiger partial charge in [-0.3, -0.25) is 0 Å². The van der Waals surface area contributed by atoms with Gasteiger partial charge in [0.15, 0.2) is 0 Å². The number of ether oxygens (including phenoxy) is 3. The quantitative estimate of drug-likeness (QED) is 0.601. The van der Waals surface area contributed by atoms with Crippen LogP contribution in [-0.4, -0.2) is 39.6 Å². The molecule has 1 N–H and O–H groups in total. The molecular formula is C16H29NO4. The van der Waals surface area contributed by atoms with E-state index in [9.17, 15) is 0 Å². The Hall–Kier alpha value is -0.880. The first kappa shape index (κ1) is 18.2. The SMILES string of the molecule is COCCCOCCOCc1cc(C)c(CNC(C)C)o1. The molecule has 0 bridgehead atoms. The maximum absolute atomic E-state index is 5.78. The predicted molar refractivity (Wildman–Crippen MR) is 82.4 cm³/mol. The molecule has 122 valence electrons. The number of rotatable bonds is 12. The van der Waals surface area contributed by atoms with Crippen LogP contribution < -0.4 is 5.32 Å². The number of furan rings is 1. The van der Waals surface area contributed by atoms with Gasteiger partial charge in [0.05, 0.1) is 19.8 Å². The van der Waals surface area contributed by atoms with E-state index in [1.165, 1.54) is 0 Å². The van der Waals surface area contributed by atoms with E-state index in [2.05, 4.69) is 26.1 Å². The van der Waals surface area contributed by atoms with Crippen molar-refractivity contribution in [3.05, 3.63) is 23.2 Å². The highest BCUT2D eigenvalue weighted by atomic mass is 16.5. The summed E-state index contributed by atoms with van der Waals surface area (Å²) in [6.45, 7) is 10.2. The summed E-state index contributed by atoms with van der Waals surface area (Å²) in [5.74, 6) is 1.85. The highest BCUT2D eigenvalue weighted by molar-refractivity contribution is 5.19. The average Bonchev–Trinajstić information content (AvgIpc) is 2.80. The van der Waals surface area contributed by atoms with Crippen LogP contribution in [0.15, 0.2) is 10.5 Å². The Labute approximate surface area is 127 Å². The fourth-order valence-corrected chi connectivity index (χ4v) is 1.83. The minimum atomic E-state index is 0.449. The van der Waals surface area contributed by atoms with Crippen molar-refractivity contribution in [3.63, 3.8) is 0 Å². The van der Waals surface area contributed by atoms with Gasteiger partial charge in [-0.05, 0) is 25.0 Å². The van der Waals surface area contributed by atoms with E-state index in [1.54, 1.807) is 7.11 Å². The second-order valence-corrected chi connectivity index (χ2v) is 5.37. The van der Waals surface area contributed by atoms with Gasteiger partial charge < -0.3 is 23.9 Å². The number of hydrogen-bond acceptors (Lipinski definition) is 5. The summed E-state index contributed by atoms with van der Waals surface area (Å²) in [6, 6.07) is 2.49. The zero-order chi connectivity index (χ0) is 15.5. The molecule has 0 spiro atoms. The van der Waals surface area contributed by atoms with Crippen LogP contribution in [0.1, 0.15) is 37.4 Å². The topological polar surface area (TPSA) is 52.9 Å². The predicted octanol–water partition coefficient (Wildman–Crippen LogP) is 2.66. The highest BCUT2D eigenvalue weighted by Gasteiger charge is 2.08. The lowest BCUT2D eigenvalue weighted by atomic mass is 10.2. The summed E-state index contributed by atoms with van der Waals surface area (Å²) in [5, 5.41) is 3.35. The smallest absolute Gasteiger partial charge is 0.130 e. The van der Waals surface area contributed by atoms with E-state index < -0.39 is 0 Å². The summed E-state index contributed by atoms with van der Waals surface area (Å²) in [4.78, 5) is 0. The van der Waals surface area contributed by atoms with Gasteiger partial charge in [-0.1, -0.05) is 13.8 Å². The third-order valence-corrected chi connectivity index (χ3v) is 3.00. The van der Waals surface area contributed by atoms with Crippen LogP contribution in [-0.2, 0) is 27.4 Å². The third kappa shape index (κ3) is 8.21. The monoisotopic (exact) mass is 299 g/mol. The number of nitrogens with one attached hydrogen (secondary N) is 1. The molecular weight excluding hydrogens is 270 g/mol.